The second kappa shape index (κ2) is 11.4. The van der Waals surface area contributed by atoms with E-state index in [1.165, 1.54) is 10.5 Å². The molecule has 0 saturated heterocycles. The van der Waals surface area contributed by atoms with Gasteiger partial charge in [0.2, 0.25) is 5.91 Å². The molecule has 0 aromatic heterocycles. The molecule has 0 heterocycles. The van der Waals surface area contributed by atoms with Crippen molar-refractivity contribution in [3.05, 3.63) is 58.1 Å². The second-order valence-corrected chi connectivity index (χ2v) is 9.55. The van der Waals surface area contributed by atoms with Crippen LogP contribution in [0.4, 0.5) is 0 Å². The summed E-state index contributed by atoms with van der Waals surface area (Å²) in [6.07, 6.45) is 0.909. The van der Waals surface area contributed by atoms with Gasteiger partial charge in [-0.1, -0.05) is 25.1 Å². The molecule has 6 nitrogen and oxygen atoms in total. The predicted molar refractivity (Wildman–Crippen MR) is 130 cm³/mol. The fourth-order valence-corrected chi connectivity index (χ4v) is 3.67. The van der Waals surface area contributed by atoms with Crippen molar-refractivity contribution >= 4 is 27.7 Å². The summed E-state index contributed by atoms with van der Waals surface area (Å²) in [5, 5.41) is 2.95. The number of carbonyl (C=O) groups excluding carboxylic acids is 2. The monoisotopic (exact) mass is 504 g/mol. The van der Waals surface area contributed by atoms with Crippen molar-refractivity contribution in [1.82, 2.24) is 10.2 Å². The number of nitrogens with one attached hydrogen (secondary N) is 1. The Labute approximate surface area is 199 Å². The molecule has 0 spiro atoms. The van der Waals surface area contributed by atoms with E-state index < -0.39 is 11.6 Å². The first-order valence-corrected chi connectivity index (χ1v) is 11.5. The van der Waals surface area contributed by atoms with Crippen molar-refractivity contribution in [2.45, 2.75) is 59.2 Å². The SMILES string of the molecule is CCc1ccc(OCC(=O)N(Cc2cccc(OC)c2)[C@H](C)C(=O)NC(C)(C)C)c(Br)c1. The summed E-state index contributed by atoms with van der Waals surface area (Å²) in [4.78, 5) is 27.6. The number of halogens is 1. The first-order valence-electron chi connectivity index (χ1n) is 10.7. The minimum Gasteiger partial charge on any atom is -0.497 e. The van der Waals surface area contributed by atoms with Gasteiger partial charge in [0, 0.05) is 12.1 Å². The molecule has 0 fully saturated rings. The largest absolute Gasteiger partial charge is 0.497 e. The third-order valence-corrected chi connectivity index (χ3v) is 5.53. The molecule has 0 aliphatic heterocycles. The van der Waals surface area contributed by atoms with Crippen molar-refractivity contribution in [2.24, 2.45) is 0 Å². The molecule has 0 radical (unpaired) electrons. The minimum atomic E-state index is -0.678. The highest BCUT2D eigenvalue weighted by Crippen LogP contribution is 2.26. The van der Waals surface area contributed by atoms with Crippen molar-refractivity contribution in [3.8, 4) is 11.5 Å². The quantitative estimate of drug-likeness (QED) is 0.535. The van der Waals surface area contributed by atoms with Crippen LogP contribution in [0.1, 0.15) is 45.7 Å². The third-order valence-electron chi connectivity index (χ3n) is 4.91. The summed E-state index contributed by atoms with van der Waals surface area (Å²) in [5.41, 5.74) is 1.63. The third kappa shape index (κ3) is 7.55. The van der Waals surface area contributed by atoms with Crippen LogP contribution in [0.5, 0.6) is 11.5 Å². The molecule has 0 saturated carbocycles. The van der Waals surface area contributed by atoms with E-state index in [1.54, 1.807) is 14.0 Å². The van der Waals surface area contributed by atoms with Crippen LogP contribution < -0.4 is 14.8 Å². The van der Waals surface area contributed by atoms with Crippen molar-refractivity contribution in [2.75, 3.05) is 13.7 Å². The molecular weight excluding hydrogens is 472 g/mol. The number of nitrogens with zero attached hydrogens (tertiary/aromatic N) is 1. The van der Waals surface area contributed by atoms with Gasteiger partial charge < -0.3 is 19.7 Å². The standard InChI is InChI=1S/C25H33BrN2O4/c1-7-18-11-12-22(21(26)14-18)32-16-23(29)28(17(2)24(30)27-25(3,4)5)15-19-9-8-10-20(13-19)31-6/h8-14,17H,7,15-16H2,1-6H3,(H,27,30)/t17-/m1/s1. The highest BCUT2D eigenvalue weighted by molar-refractivity contribution is 9.10. The average molecular weight is 505 g/mol. The van der Waals surface area contributed by atoms with E-state index in [4.69, 9.17) is 9.47 Å². The van der Waals surface area contributed by atoms with Crippen LogP contribution in [0.3, 0.4) is 0 Å². The van der Waals surface area contributed by atoms with Gasteiger partial charge in [-0.15, -0.1) is 0 Å². The fraction of sp³-hybridized carbons (Fsp3) is 0.440. The number of rotatable bonds is 9. The summed E-state index contributed by atoms with van der Waals surface area (Å²) in [5.74, 6) is 0.777. The van der Waals surface area contributed by atoms with Crippen LogP contribution >= 0.6 is 15.9 Å². The second-order valence-electron chi connectivity index (χ2n) is 8.70. The number of hydrogen-bond donors (Lipinski definition) is 1. The number of ether oxygens (including phenoxy) is 2. The normalized spacial score (nSPS) is 12.1. The maximum absolute atomic E-state index is 13.2. The number of aryl methyl sites for hydroxylation is 1. The van der Waals surface area contributed by atoms with Crippen LogP contribution in [0, 0.1) is 0 Å². The maximum atomic E-state index is 13.2. The number of hydrogen-bond acceptors (Lipinski definition) is 4. The maximum Gasteiger partial charge on any atom is 0.261 e. The van der Waals surface area contributed by atoms with E-state index in [-0.39, 0.29) is 25.0 Å². The number of benzene rings is 2. The highest BCUT2D eigenvalue weighted by Gasteiger charge is 2.29. The zero-order valence-electron chi connectivity index (χ0n) is 19.7. The van der Waals surface area contributed by atoms with Gasteiger partial charge in [0.25, 0.3) is 5.91 Å². The summed E-state index contributed by atoms with van der Waals surface area (Å²) < 4.78 is 11.9. The van der Waals surface area contributed by atoms with Crippen LogP contribution in [0.25, 0.3) is 0 Å². The van der Waals surface area contributed by atoms with E-state index in [0.29, 0.717) is 11.5 Å². The molecule has 2 aromatic carbocycles. The molecule has 2 amide bonds. The summed E-state index contributed by atoms with van der Waals surface area (Å²) in [7, 11) is 1.59. The van der Waals surface area contributed by atoms with E-state index in [9.17, 15) is 9.59 Å². The lowest BCUT2D eigenvalue weighted by atomic mass is 10.1. The smallest absolute Gasteiger partial charge is 0.261 e. The Balaban J connectivity index is 2.21. The number of amides is 2. The molecule has 0 aliphatic carbocycles. The average Bonchev–Trinajstić information content (AvgIpc) is 2.74. The molecule has 2 aromatic rings. The van der Waals surface area contributed by atoms with Gasteiger partial charge in [0.15, 0.2) is 6.61 Å². The predicted octanol–water partition coefficient (Wildman–Crippen LogP) is 4.73. The lowest BCUT2D eigenvalue weighted by Gasteiger charge is -2.31. The van der Waals surface area contributed by atoms with Gasteiger partial charge in [-0.25, -0.2) is 0 Å². The van der Waals surface area contributed by atoms with Crippen molar-refractivity contribution in [3.63, 3.8) is 0 Å². The van der Waals surface area contributed by atoms with Crippen molar-refractivity contribution in [1.29, 1.82) is 0 Å². The summed E-state index contributed by atoms with van der Waals surface area (Å²) in [6.45, 7) is 9.61. The topological polar surface area (TPSA) is 67.9 Å². The first-order chi connectivity index (χ1) is 15.0. The molecular formula is C25H33BrN2O4. The van der Waals surface area contributed by atoms with Gasteiger partial charge in [0.1, 0.15) is 17.5 Å². The Bertz CT molecular complexity index is 940. The lowest BCUT2D eigenvalue weighted by molar-refractivity contribution is -0.142. The van der Waals surface area contributed by atoms with E-state index >= 15 is 0 Å². The number of carbonyl (C=O) groups is 2. The Morgan fingerprint density at radius 3 is 2.44 bits per heavy atom. The van der Waals surface area contributed by atoms with Gasteiger partial charge in [-0.3, -0.25) is 9.59 Å². The van der Waals surface area contributed by atoms with Crippen LogP contribution in [0.15, 0.2) is 46.9 Å². The molecule has 1 N–H and O–H groups in total. The molecule has 0 bridgehead atoms. The molecule has 0 unspecified atom stereocenters. The lowest BCUT2D eigenvalue weighted by Crippen LogP contribution is -2.53. The summed E-state index contributed by atoms with van der Waals surface area (Å²) in [6, 6.07) is 12.6. The Hall–Kier alpha value is -2.54. The van der Waals surface area contributed by atoms with Gasteiger partial charge in [-0.2, -0.15) is 0 Å². The Kier molecular flexibility index (Phi) is 9.13. The van der Waals surface area contributed by atoms with Crippen LogP contribution in [-0.4, -0.2) is 42.0 Å². The minimum absolute atomic E-state index is 0.179. The van der Waals surface area contributed by atoms with Gasteiger partial charge in [-0.05, 0) is 85.4 Å². The summed E-state index contributed by atoms with van der Waals surface area (Å²) >= 11 is 3.50. The van der Waals surface area contributed by atoms with Gasteiger partial charge in [0.05, 0.1) is 11.6 Å². The zero-order chi connectivity index (χ0) is 23.9. The molecule has 174 valence electrons. The van der Waals surface area contributed by atoms with Crippen LogP contribution in [0.2, 0.25) is 0 Å². The number of methoxy groups -OCH3 is 1. The Morgan fingerprint density at radius 2 is 1.84 bits per heavy atom. The highest BCUT2D eigenvalue weighted by atomic mass is 79.9. The van der Waals surface area contributed by atoms with E-state index in [2.05, 4.69) is 28.2 Å². The molecule has 2 rings (SSSR count). The molecule has 7 heteroatoms. The van der Waals surface area contributed by atoms with Gasteiger partial charge >= 0.3 is 0 Å². The van der Waals surface area contributed by atoms with E-state index in [0.717, 1.165) is 16.5 Å². The zero-order valence-corrected chi connectivity index (χ0v) is 21.3. The molecule has 0 aliphatic rings. The van der Waals surface area contributed by atoms with E-state index in [1.807, 2.05) is 63.2 Å². The fourth-order valence-electron chi connectivity index (χ4n) is 3.13. The Morgan fingerprint density at radius 1 is 1.12 bits per heavy atom. The molecule has 32 heavy (non-hydrogen) atoms. The van der Waals surface area contributed by atoms with Crippen molar-refractivity contribution < 1.29 is 19.1 Å². The van der Waals surface area contributed by atoms with Crippen LogP contribution in [-0.2, 0) is 22.6 Å². The molecule has 1 atom stereocenters. The first kappa shape index (κ1) is 25.7.